The van der Waals surface area contributed by atoms with Gasteiger partial charge in [-0.2, -0.15) is 0 Å². The summed E-state index contributed by atoms with van der Waals surface area (Å²) in [6, 6.07) is 10.0. The predicted octanol–water partition coefficient (Wildman–Crippen LogP) is 3.96. The summed E-state index contributed by atoms with van der Waals surface area (Å²) in [6.07, 6.45) is 1.77. The molecule has 0 radical (unpaired) electrons. The van der Waals surface area contributed by atoms with E-state index in [0.29, 0.717) is 11.0 Å². The van der Waals surface area contributed by atoms with E-state index >= 15 is 0 Å². The minimum Gasteiger partial charge on any atom is -0.252 e. The normalized spacial score (nSPS) is 10.9. The number of hydrogen-bond donors (Lipinski definition) is 0. The highest BCUT2D eigenvalue weighted by atomic mass is 35.5. The van der Waals surface area contributed by atoms with Gasteiger partial charge in [0, 0.05) is 22.8 Å². The van der Waals surface area contributed by atoms with Crippen LogP contribution in [0.1, 0.15) is 11.3 Å². The van der Waals surface area contributed by atoms with Crippen molar-refractivity contribution in [1.29, 1.82) is 0 Å². The molecule has 0 spiro atoms. The van der Waals surface area contributed by atoms with Gasteiger partial charge in [-0.25, -0.2) is 9.97 Å². The second kappa shape index (κ2) is 4.59. The minimum atomic E-state index is 0.484. The van der Waals surface area contributed by atoms with Crippen LogP contribution in [-0.2, 0) is 0 Å². The molecule has 2 aromatic heterocycles. The number of hydrogen-bond acceptors (Lipinski definition) is 3. The molecule has 3 rings (SSSR count). The molecule has 3 nitrogen and oxygen atoms in total. The van der Waals surface area contributed by atoms with Gasteiger partial charge in [0.05, 0.1) is 0 Å². The second-order valence-electron chi connectivity index (χ2n) is 4.43. The Balaban J connectivity index is 2.31. The standard InChI is InChI=1S/C15H12ClN3/c1-9-10(2)18-15(19-14(9)16)13-12-6-4-3-5-11(12)7-8-17-13/h3-8H,1-2H3. The van der Waals surface area contributed by atoms with Crippen molar-refractivity contribution >= 4 is 22.4 Å². The average molecular weight is 270 g/mol. The first-order valence-electron chi connectivity index (χ1n) is 6.01. The van der Waals surface area contributed by atoms with E-state index in [4.69, 9.17) is 11.6 Å². The van der Waals surface area contributed by atoms with Crippen LogP contribution in [0.3, 0.4) is 0 Å². The number of aryl methyl sites for hydroxylation is 1. The number of nitrogens with zero attached hydrogens (tertiary/aromatic N) is 3. The van der Waals surface area contributed by atoms with Crippen molar-refractivity contribution in [3.63, 3.8) is 0 Å². The van der Waals surface area contributed by atoms with E-state index in [-0.39, 0.29) is 0 Å². The molecule has 0 saturated carbocycles. The van der Waals surface area contributed by atoms with Crippen LogP contribution in [0, 0.1) is 13.8 Å². The Morgan fingerprint density at radius 2 is 1.79 bits per heavy atom. The van der Waals surface area contributed by atoms with E-state index in [1.807, 2.05) is 44.2 Å². The molecule has 0 bridgehead atoms. The van der Waals surface area contributed by atoms with Crippen molar-refractivity contribution in [2.75, 3.05) is 0 Å². The third kappa shape index (κ3) is 2.06. The molecule has 0 fully saturated rings. The highest BCUT2D eigenvalue weighted by Gasteiger charge is 2.11. The predicted molar refractivity (Wildman–Crippen MR) is 77.3 cm³/mol. The lowest BCUT2D eigenvalue weighted by atomic mass is 10.1. The summed E-state index contributed by atoms with van der Waals surface area (Å²) in [5.74, 6) is 0.574. The Bertz CT molecular complexity index is 740. The fourth-order valence-electron chi connectivity index (χ4n) is 2.00. The number of benzene rings is 1. The van der Waals surface area contributed by atoms with Crippen molar-refractivity contribution < 1.29 is 0 Å². The molecule has 19 heavy (non-hydrogen) atoms. The lowest BCUT2D eigenvalue weighted by molar-refractivity contribution is 1.06. The van der Waals surface area contributed by atoms with Gasteiger partial charge in [-0.1, -0.05) is 35.9 Å². The number of rotatable bonds is 1. The van der Waals surface area contributed by atoms with Crippen LogP contribution in [-0.4, -0.2) is 15.0 Å². The lowest BCUT2D eigenvalue weighted by Gasteiger charge is -2.07. The molecule has 3 aromatic rings. The van der Waals surface area contributed by atoms with Crippen LogP contribution in [0.15, 0.2) is 36.5 Å². The Hall–Kier alpha value is -2.00. The molecule has 0 saturated heterocycles. The van der Waals surface area contributed by atoms with Gasteiger partial charge in [0.1, 0.15) is 10.8 Å². The number of halogens is 1. The molecule has 0 atom stereocenters. The van der Waals surface area contributed by atoms with Gasteiger partial charge >= 0.3 is 0 Å². The van der Waals surface area contributed by atoms with Gasteiger partial charge in [0.25, 0.3) is 0 Å². The van der Waals surface area contributed by atoms with Crippen LogP contribution in [0.2, 0.25) is 5.15 Å². The first-order valence-corrected chi connectivity index (χ1v) is 6.39. The van der Waals surface area contributed by atoms with Crippen LogP contribution < -0.4 is 0 Å². The zero-order chi connectivity index (χ0) is 13.4. The molecule has 94 valence electrons. The zero-order valence-corrected chi connectivity index (χ0v) is 11.4. The van der Waals surface area contributed by atoms with Crippen molar-refractivity contribution in [2.45, 2.75) is 13.8 Å². The highest BCUT2D eigenvalue weighted by molar-refractivity contribution is 6.30. The monoisotopic (exact) mass is 269 g/mol. The third-order valence-corrected chi connectivity index (χ3v) is 3.58. The SMILES string of the molecule is Cc1nc(-c2nccc3ccccc23)nc(Cl)c1C. The number of aromatic nitrogens is 3. The summed E-state index contributed by atoms with van der Waals surface area (Å²) in [7, 11) is 0. The van der Waals surface area contributed by atoms with Crippen molar-refractivity contribution in [1.82, 2.24) is 15.0 Å². The summed E-state index contributed by atoms with van der Waals surface area (Å²) in [4.78, 5) is 13.2. The number of pyridine rings is 1. The quantitative estimate of drug-likeness (QED) is 0.628. The van der Waals surface area contributed by atoms with Crippen molar-refractivity contribution in [3.8, 4) is 11.5 Å². The third-order valence-electron chi connectivity index (χ3n) is 3.22. The Morgan fingerprint density at radius 1 is 1.00 bits per heavy atom. The van der Waals surface area contributed by atoms with Crippen molar-refractivity contribution in [2.24, 2.45) is 0 Å². The summed E-state index contributed by atoms with van der Waals surface area (Å²) >= 11 is 6.14. The molecule has 0 amide bonds. The largest absolute Gasteiger partial charge is 0.252 e. The summed E-state index contributed by atoms with van der Waals surface area (Å²) in [6.45, 7) is 3.84. The topological polar surface area (TPSA) is 38.7 Å². The first kappa shape index (κ1) is 12.1. The Kier molecular flexibility index (Phi) is 2.91. The van der Waals surface area contributed by atoms with E-state index in [0.717, 1.165) is 27.7 Å². The van der Waals surface area contributed by atoms with E-state index in [1.165, 1.54) is 0 Å². The molecular formula is C15H12ClN3. The highest BCUT2D eigenvalue weighted by Crippen LogP contribution is 2.26. The molecule has 2 heterocycles. The van der Waals surface area contributed by atoms with Crippen LogP contribution in [0.4, 0.5) is 0 Å². The summed E-state index contributed by atoms with van der Waals surface area (Å²) in [5.41, 5.74) is 2.55. The molecule has 0 unspecified atom stereocenters. The Labute approximate surface area is 116 Å². The molecule has 0 aliphatic heterocycles. The summed E-state index contributed by atoms with van der Waals surface area (Å²) in [5, 5.41) is 2.63. The lowest BCUT2D eigenvalue weighted by Crippen LogP contribution is -1.98. The maximum atomic E-state index is 6.14. The fourth-order valence-corrected chi connectivity index (χ4v) is 2.21. The number of fused-ring (bicyclic) bond motifs is 1. The molecule has 0 aliphatic rings. The minimum absolute atomic E-state index is 0.484. The fraction of sp³-hybridized carbons (Fsp3) is 0.133. The van der Waals surface area contributed by atoms with E-state index in [2.05, 4.69) is 15.0 Å². The smallest absolute Gasteiger partial charge is 0.180 e. The molecule has 0 N–H and O–H groups in total. The van der Waals surface area contributed by atoms with Crippen molar-refractivity contribution in [3.05, 3.63) is 52.9 Å². The van der Waals surface area contributed by atoms with Gasteiger partial charge in [-0.05, 0) is 25.3 Å². The van der Waals surface area contributed by atoms with Gasteiger partial charge in [-0.3, -0.25) is 4.98 Å². The van der Waals surface area contributed by atoms with Gasteiger partial charge in [-0.15, -0.1) is 0 Å². The average Bonchev–Trinajstić information content (AvgIpc) is 2.43. The Morgan fingerprint density at radius 3 is 2.58 bits per heavy atom. The molecule has 1 aromatic carbocycles. The molecule has 0 aliphatic carbocycles. The van der Waals surface area contributed by atoms with E-state index in [1.54, 1.807) is 6.20 Å². The summed E-state index contributed by atoms with van der Waals surface area (Å²) < 4.78 is 0. The maximum Gasteiger partial charge on any atom is 0.180 e. The molecular weight excluding hydrogens is 258 g/mol. The first-order chi connectivity index (χ1) is 9.16. The van der Waals surface area contributed by atoms with Crippen LogP contribution in [0.25, 0.3) is 22.3 Å². The van der Waals surface area contributed by atoms with Gasteiger partial charge < -0.3 is 0 Å². The maximum absolute atomic E-state index is 6.14. The zero-order valence-electron chi connectivity index (χ0n) is 10.7. The second-order valence-corrected chi connectivity index (χ2v) is 4.79. The van der Waals surface area contributed by atoms with Crippen LogP contribution in [0.5, 0.6) is 0 Å². The van der Waals surface area contributed by atoms with E-state index in [9.17, 15) is 0 Å². The molecule has 4 heteroatoms. The van der Waals surface area contributed by atoms with Gasteiger partial charge in [0.15, 0.2) is 5.82 Å². The van der Waals surface area contributed by atoms with Gasteiger partial charge in [0.2, 0.25) is 0 Å². The van der Waals surface area contributed by atoms with Crippen LogP contribution >= 0.6 is 11.6 Å². The van der Waals surface area contributed by atoms with E-state index < -0.39 is 0 Å².